The zero-order valence-electron chi connectivity index (χ0n) is 15.5. The number of aryl methyl sites for hydroxylation is 2. The number of furan rings is 1. The Labute approximate surface area is 165 Å². The number of hydrogen-bond acceptors (Lipinski definition) is 5. The van der Waals surface area contributed by atoms with Gasteiger partial charge in [0.25, 0.3) is 15.9 Å². The average Bonchev–Trinajstić information content (AvgIpc) is 2.97. The van der Waals surface area contributed by atoms with Crippen LogP contribution in [-0.2, 0) is 16.4 Å². The number of nitrogens with zero attached hydrogens (tertiary/aromatic N) is 1. The Morgan fingerprint density at radius 3 is 2.67 bits per heavy atom. The van der Waals surface area contributed by atoms with E-state index < -0.39 is 10.0 Å². The molecule has 3 N–H and O–H groups in total. The van der Waals surface area contributed by atoms with Gasteiger partial charge in [-0.3, -0.25) is 4.79 Å². The number of rotatable bonds is 4. The standard InChI is InChI=1S/C18H23N3O4S.ClH/c1-11-15(10-17(25-11)26(23,24)21(2)3)18(22)20-16-6-4-5-12-9-13(19)7-8-14(12)16;/h7-10,16H,4-6,19H2,1-3H3,(H,20,22);1H. The van der Waals surface area contributed by atoms with Gasteiger partial charge in [0.1, 0.15) is 5.76 Å². The van der Waals surface area contributed by atoms with Gasteiger partial charge in [-0.2, -0.15) is 0 Å². The van der Waals surface area contributed by atoms with Crippen molar-refractivity contribution in [2.45, 2.75) is 37.3 Å². The van der Waals surface area contributed by atoms with Gasteiger partial charge in [-0.15, -0.1) is 12.4 Å². The van der Waals surface area contributed by atoms with E-state index >= 15 is 0 Å². The first kappa shape index (κ1) is 21.3. The van der Waals surface area contributed by atoms with Gasteiger partial charge in [0, 0.05) is 25.8 Å². The molecule has 27 heavy (non-hydrogen) atoms. The zero-order valence-corrected chi connectivity index (χ0v) is 17.1. The van der Waals surface area contributed by atoms with Crippen molar-refractivity contribution < 1.29 is 17.6 Å². The molecule has 0 bridgehead atoms. The molecule has 1 aromatic carbocycles. The molecule has 0 radical (unpaired) electrons. The van der Waals surface area contributed by atoms with Crippen LogP contribution in [0.5, 0.6) is 0 Å². The monoisotopic (exact) mass is 413 g/mol. The van der Waals surface area contributed by atoms with Crippen molar-refractivity contribution in [1.82, 2.24) is 9.62 Å². The summed E-state index contributed by atoms with van der Waals surface area (Å²) in [7, 11) is -0.897. The highest BCUT2D eigenvalue weighted by molar-refractivity contribution is 7.88. The molecule has 1 aliphatic carbocycles. The molecule has 1 atom stereocenters. The van der Waals surface area contributed by atoms with Crippen LogP contribution < -0.4 is 11.1 Å². The minimum Gasteiger partial charge on any atom is -0.448 e. The molecule has 1 aromatic heterocycles. The van der Waals surface area contributed by atoms with Gasteiger partial charge < -0.3 is 15.5 Å². The van der Waals surface area contributed by atoms with E-state index in [1.807, 2.05) is 18.2 Å². The van der Waals surface area contributed by atoms with Gasteiger partial charge in [-0.25, -0.2) is 12.7 Å². The van der Waals surface area contributed by atoms with Crippen molar-refractivity contribution in [3.63, 3.8) is 0 Å². The number of hydrogen-bond donors (Lipinski definition) is 2. The summed E-state index contributed by atoms with van der Waals surface area (Å²) in [6.07, 6.45) is 2.71. The zero-order chi connectivity index (χ0) is 19.1. The first-order valence-corrected chi connectivity index (χ1v) is 9.86. The molecule has 1 heterocycles. The summed E-state index contributed by atoms with van der Waals surface area (Å²) in [5.41, 5.74) is 8.98. The Morgan fingerprint density at radius 2 is 2.00 bits per heavy atom. The number of carbonyl (C=O) groups is 1. The Bertz CT molecular complexity index is 954. The maximum Gasteiger partial charge on any atom is 0.275 e. The van der Waals surface area contributed by atoms with E-state index in [1.165, 1.54) is 20.2 Å². The Morgan fingerprint density at radius 1 is 1.30 bits per heavy atom. The van der Waals surface area contributed by atoms with Gasteiger partial charge in [0.15, 0.2) is 0 Å². The second-order valence-corrected chi connectivity index (χ2v) is 8.78. The number of nitrogen functional groups attached to an aromatic ring is 1. The summed E-state index contributed by atoms with van der Waals surface area (Å²) < 4.78 is 30.8. The van der Waals surface area contributed by atoms with Crippen LogP contribution in [0.25, 0.3) is 0 Å². The van der Waals surface area contributed by atoms with E-state index in [1.54, 1.807) is 6.92 Å². The molecule has 148 valence electrons. The molecule has 3 rings (SSSR count). The Hall–Kier alpha value is -2.03. The van der Waals surface area contributed by atoms with E-state index in [-0.39, 0.29) is 40.8 Å². The first-order valence-electron chi connectivity index (χ1n) is 8.42. The fourth-order valence-corrected chi connectivity index (χ4v) is 4.06. The summed E-state index contributed by atoms with van der Waals surface area (Å²) >= 11 is 0. The van der Waals surface area contributed by atoms with E-state index in [2.05, 4.69) is 5.32 Å². The SMILES string of the molecule is Cc1oc(S(=O)(=O)N(C)C)cc1C(=O)NC1CCCc2cc(N)ccc21.Cl. The maximum atomic E-state index is 12.7. The number of amides is 1. The summed E-state index contributed by atoms with van der Waals surface area (Å²) in [4.78, 5) is 12.7. The highest BCUT2D eigenvalue weighted by Gasteiger charge is 2.28. The lowest BCUT2D eigenvalue weighted by atomic mass is 9.87. The molecule has 0 saturated heterocycles. The number of nitrogens with one attached hydrogen (secondary N) is 1. The smallest absolute Gasteiger partial charge is 0.275 e. The summed E-state index contributed by atoms with van der Waals surface area (Å²) in [6.45, 7) is 1.58. The first-order chi connectivity index (χ1) is 12.2. The molecule has 0 spiro atoms. The highest BCUT2D eigenvalue weighted by atomic mass is 35.5. The number of carbonyl (C=O) groups excluding carboxylic acids is 1. The number of nitrogens with two attached hydrogens (primary N) is 1. The lowest BCUT2D eigenvalue weighted by Gasteiger charge is -2.26. The van der Waals surface area contributed by atoms with E-state index in [0.717, 1.165) is 34.7 Å². The van der Waals surface area contributed by atoms with E-state index in [9.17, 15) is 13.2 Å². The van der Waals surface area contributed by atoms with Crippen LogP contribution in [0.15, 0.2) is 33.8 Å². The van der Waals surface area contributed by atoms with Crippen LogP contribution in [0.2, 0.25) is 0 Å². The molecule has 0 fully saturated rings. The van der Waals surface area contributed by atoms with Gasteiger partial charge in [0.05, 0.1) is 11.6 Å². The molecule has 7 nitrogen and oxygen atoms in total. The molecule has 0 saturated carbocycles. The topological polar surface area (TPSA) is 106 Å². The molecular weight excluding hydrogens is 390 g/mol. The van der Waals surface area contributed by atoms with Crippen LogP contribution in [0.4, 0.5) is 5.69 Å². The molecule has 9 heteroatoms. The van der Waals surface area contributed by atoms with Crippen molar-refractivity contribution in [1.29, 1.82) is 0 Å². The fourth-order valence-electron chi connectivity index (χ4n) is 3.21. The van der Waals surface area contributed by atoms with Crippen LogP contribution in [0.3, 0.4) is 0 Å². The van der Waals surface area contributed by atoms with Gasteiger partial charge in [-0.1, -0.05) is 6.07 Å². The average molecular weight is 414 g/mol. The van der Waals surface area contributed by atoms with Crippen LogP contribution in [0, 0.1) is 6.92 Å². The third kappa shape index (κ3) is 4.12. The second kappa shape index (κ2) is 7.92. The maximum absolute atomic E-state index is 12.7. The van der Waals surface area contributed by atoms with Crippen molar-refractivity contribution in [2.75, 3.05) is 19.8 Å². The summed E-state index contributed by atoms with van der Waals surface area (Å²) in [6, 6.07) is 6.87. The lowest BCUT2D eigenvalue weighted by Crippen LogP contribution is -2.31. The van der Waals surface area contributed by atoms with Crippen LogP contribution in [0.1, 0.15) is 46.1 Å². The Balaban J connectivity index is 0.00000261. The molecule has 2 aromatic rings. The van der Waals surface area contributed by atoms with E-state index in [0.29, 0.717) is 5.69 Å². The number of sulfonamides is 1. The van der Waals surface area contributed by atoms with Gasteiger partial charge >= 0.3 is 0 Å². The molecule has 0 aliphatic heterocycles. The van der Waals surface area contributed by atoms with Crippen LogP contribution in [-0.4, -0.2) is 32.7 Å². The number of benzene rings is 1. The van der Waals surface area contributed by atoms with E-state index in [4.69, 9.17) is 10.2 Å². The van der Waals surface area contributed by atoms with Crippen molar-refractivity contribution in [2.24, 2.45) is 0 Å². The van der Waals surface area contributed by atoms with Crippen molar-refractivity contribution >= 4 is 34.0 Å². The molecule has 1 amide bonds. The minimum absolute atomic E-state index is 0. The Kier molecular flexibility index (Phi) is 6.24. The molecule has 1 unspecified atom stereocenters. The number of fused-ring (bicyclic) bond motifs is 1. The third-order valence-electron chi connectivity index (χ3n) is 4.66. The summed E-state index contributed by atoms with van der Waals surface area (Å²) in [5.74, 6) is -0.0719. The number of anilines is 1. The lowest BCUT2D eigenvalue weighted by molar-refractivity contribution is 0.0931. The van der Waals surface area contributed by atoms with Crippen molar-refractivity contribution in [3.05, 3.63) is 46.7 Å². The van der Waals surface area contributed by atoms with Crippen LogP contribution >= 0.6 is 12.4 Å². The quantitative estimate of drug-likeness (QED) is 0.749. The van der Waals surface area contributed by atoms with Crippen molar-refractivity contribution in [3.8, 4) is 0 Å². The number of halogens is 1. The van der Waals surface area contributed by atoms with Gasteiger partial charge in [0.2, 0.25) is 5.09 Å². The second-order valence-electron chi connectivity index (χ2n) is 6.70. The van der Waals surface area contributed by atoms with Gasteiger partial charge in [-0.05, 0) is 49.4 Å². The molecular formula is C18H24ClN3O4S. The third-order valence-corrected chi connectivity index (χ3v) is 6.33. The minimum atomic E-state index is -3.73. The predicted octanol–water partition coefficient (Wildman–Crippen LogP) is 2.65. The fraction of sp³-hybridized carbons (Fsp3) is 0.389. The normalized spacial score (nSPS) is 16.5. The largest absolute Gasteiger partial charge is 0.448 e. The molecule has 1 aliphatic rings. The predicted molar refractivity (Wildman–Crippen MR) is 106 cm³/mol. The highest BCUT2D eigenvalue weighted by Crippen LogP contribution is 2.31. The summed E-state index contributed by atoms with van der Waals surface area (Å²) in [5, 5.41) is 2.76.